The zero-order valence-electron chi connectivity index (χ0n) is 8.26. The maximum absolute atomic E-state index is 4.05. The van der Waals surface area contributed by atoms with Gasteiger partial charge in [0, 0.05) is 11.9 Å². The zero-order chi connectivity index (χ0) is 9.11. The minimum Gasteiger partial charge on any atom is -0.266 e. The first kappa shape index (κ1) is 12.8. The van der Waals surface area contributed by atoms with Crippen LogP contribution in [0.1, 0.15) is 34.6 Å². The van der Waals surface area contributed by atoms with Gasteiger partial charge in [-0.05, 0) is 26.8 Å². The lowest BCUT2D eigenvalue weighted by Crippen LogP contribution is -1.66. The van der Waals surface area contributed by atoms with Crippen molar-refractivity contribution in [1.29, 1.82) is 0 Å². The van der Waals surface area contributed by atoms with Crippen LogP contribution in [0.3, 0.4) is 0 Å². The van der Waals surface area contributed by atoms with E-state index in [9.17, 15) is 0 Å². The SMILES string of the molecule is CC.CC=N/C(C)=C\C=C/C. The van der Waals surface area contributed by atoms with Crippen molar-refractivity contribution in [3.8, 4) is 0 Å². The fraction of sp³-hybridized carbons (Fsp3) is 0.500. The van der Waals surface area contributed by atoms with Crippen LogP contribution in [-0.4, -0.2) is 6.21 Å². The summed E-state index contributed by atoms with van der Waals surface area (Å²) in [6, 6.07) is 0. The Kier molecular flexibility index (Phi) is 13.8. The van der Waals surface area contributed by atoms with E-state index >= 15 is 0 Å². The Morgan fingerprint density at radius 1 is 1.18 bits per heavy atom. The molecule has 0 fully saturated rings. The van der Waals surface area contributed by atoms with Crippen molar-refractivity contribution in [1.82, 2.24) is 0 Å². The van der Waals surface area contributed by atoms with Gasteiger partial charge in [-0.1, -0.05) is 26.0 Å². The molecule has 0 atom stereocenters. The number of allylic oxidation sites excluding steroid dienone is 4. The first-order valence-electron chi connectivity index (χ1n) is 4.09. The normalized spacial score (nSPS) is 11.9. The van der Waals surface area contributed by atoms with E-state index < -0.39 is 0 Å². The monoisotopic (exact) mass is 153 g/mol. The van der Waals surface area contributed by atoms with Crippen molar-refractivity contribution >= 4 is 6.21 Å². The molecular formula is C10H19N. The van der Waals surface area contributed by atoms with Crippen LogP contribution in [0.5, 0.6) is 0 Å². The third-order valence-corrected chi connectivity index (χ3v) is 0.863. The summed E-state index contributed by atoms with van der Waals surface area (Å²) in [5, 5.41) is 0. The van der Waals surface area contributed by atoms with Gasteiger partial charge in [0.1, 0.15) is 0 Å². The molecule has 0 aromatic carbocycles. The van der Waals surface area contributed by atoms with E-state index in [0.717, 1.165) is 5.70 Å². The maximum atomic E-state index is 4.05. The van der Waals surface area contributed by atoms with Crippen LogP contribution in [0.2, 0.25) is 0 Å². The van der Waals surface area contributed by atoms with Crippen LogP contribution in [0.15, 0.2) is 28.9 Å². The van der Waals surface area contributed by atoms with E-state index in [2.05, 4.69) is 4.99 Å². The molecule has 1 nitrogen and oxygen atoms in total. The Morgan fingerprint density at radius 3 is 2.09 bits per heavy atom. The van der Waals surface area contributed by atoms with Crippen molar-refractivity contribution in [2.75, 3.05) is 0 Å². The fourth-order valence-corrected chi connectivity index (χ4v) is 0.482. The van der Waals surface area contributed by atoms with Gasteiger partial charge in [0.15, 0.2) is 0 Å². The summed E-state index contributed by atoms with van der Waals surface area (Å²) in [4.78, 5) is 4.05. The summed E-state index contributed by atoms with van der Waals surface area (Å²) in [5.74, 6) is 0. The number of nitrogens with zero attached hydrogens (tertiary/aromatic N) is 1. The first-order chi connectivity index (χ1) is 5.31. The van der Waals surface area contributed by atoms with Crippen LogP contribution in [0.4, 0.5) is 0 Å². The average molecular weight is 153 g/mol. The molecule has 0 unspecified atom stereocenters. The fourth-order valence-electron chi connectivity index (χ4n) is 0.482. The van der Waals surface area contributed by atoms with E-state index in [1.165, 1.54) is 0 Å². The lowest BCUT2D eigenvalue weighted by Gasteiger charge is -1.83. The van der Waals surface area contributed by atoms with Gasteiger partial charge in [-0.25, -0.2) is 0 Å². The van der Waals surface area contributed by atoms with Crippen LogP contribution >= 0.6 is 0 Å². The molecule has 11 heavy (non-hydrogen) atoms. The Bertz CT molecular complexity index is 141. The molecule has 0 amide bonds. The van der Waals surface area contributed by atoms with E-state index in [0.29, 0.717) is 0 Å². The largest absolute Gasteiger partial charge is 0.266 e. The van der Waals surface area contributed by atoms with Crippen molar-refractivity contribution < 1.29 is 0 Å². The standard InChI is InChI=1S/C8H13N.C2H6/c1-4-6-7-8(3)9-5-2;1-2/h4-7H,1-3H3;1-2H3/b6-4-,8-7-,9-5?;. The Morgan fingerprint density at radius 2 is 1.73 bits per heavy atom. The van der Waals surface area contributed by atoms with Crippen molar-refractivity contribution in [2.24, 2.45) is 4.99 Å². The quantitative estimate of drug-likeness (QED) is 0.424. The number of hydrogen-bond acceptors (Lipinski definition) is 1. The molecule has 0 bridgehead atoms. The highest BCUT2D eigenvalue weighted by Crippen LogP contribution is 1.92. The highest BCUT2D eigenvalue weighted by Gasteiger charge is 1.73. The van der Waals surface area contributed by atoms with Gasteiger partial charge in [0.25, 0.3) is 0 Å². The predicted molar refractivity (Wildman–Crippen MR) is 54.1 cm³/mol. The van der Waals surface area contributed by atoms with Crippen LogP contribution < -0.4 is 0 Å². The molecular weight excluding hydrogens is 134 g/mol. The third-order valence-electron chi connectivity index (χ3n) is 0.863. The van der Waals surface area contributed by atoms with E-state index in [1.54, 1.807) is 6.21 Å². The van der Waals surface area contributed by atoms with Gasteiger partial charge in [0.05, 0.1) is 0 Å². The summed E-state index contributed by atoms with van der Waals surface area (Å²) in [7, 11) is 0. The van der Waals surface area contributed by atoms with Gasteiger partial charge >= 0.3 is 0 Å². The molecule has 0 heterocycles. The molecule has 0 rings (SSSR count). The van der Waals surface area contributed by atoms with E-state index in [1.807, 2.05) is 52.8 Å². The van der Waals surface area contributed by atoms with Gasteiger partial charge in [-0.15, -0.1) is 0 Å². The second-order valence-corrected chi connectivity index (χ2v) is 1.72. The number of rotatable bonds is 2. The second-order valence-electron chi connectivity index (χ2n) is 1.72. The Balaban J connectivity index is 0. The maximum Gasteiger partial charge on any atom is 0.0368 e. The minimum atomic E-state index is 1.04. The van der Waals surface area contributed by atoms with Gasteiger partial charge in [-0.2, -0.15) is 0 Å². The highest BCUT2D eigenvalue weighted by atomic mass is 14.7. The molecule has 1 heteroatoms. The lowest BCUT2D eigenvalue weighted by atomic mass is 10.4. The Hall–Kier alpha value is -0.850. The summed E-state index contributed by atoms with van der Waals surface area (Å²) >= 11 is 0. The summed E-state index contributed by atoms with van der Waals surface area (Å²) < 4.78 is 0. The van der Waals surface area contributed by atoms with Gasteiger partial charge in [0.2, 0.25) is 0 Å². The van der Waals surface area contributed by atoms with Crippen LogP contribution in [0, 0.1) is 0 Å². The molecule has 0 aliphatic carbocycles. The Labute approximate surface area is 70.5 Å². The topological polar surface area (TPSA) is 12.4 Å². The summed E-state index contributed by atoms with van der Waals surface area (Å²) in [6.07, 6.45) is 7.71. The summed E-state index contributed by atoms with van der Waals surface area (Å²) in [5.41, 5.74) is 1.04. The molecule has 0 aromatic rings. The van der Waals surface area contributed by atoms with Crippen LogP contribution in [-0.2, 0) is 0 Å². The number of hydrogen-bond donors (Lipinski definition) is 0. The first-order valence-corrected chi connectivity index (χ1v) is 4.09. The highest BCUT2D eigenvalue weighted by molar-refractivity contribution is 5.55. The smallest absolute Gasteiger partial charge is 0.0368 e. The average Bonchev–Trinajstić information content (AvgIpc) is 2.05. The second kappa shape index (κ2) is 11.9. The van der Waals surface area contributed by atoms with Crippen molar-refractivity contribution in [2.45, 2.75) is 34.6 Å². The van der Waals surface area contributed by atoms with E-state index in [-0.39, 0.29) is 0 Å². The van der Waals surface area contributed by atoms with Gasteiger partial charge in [-0.3, -0.25) is 4.99 Å². The minimum absolute atomic E-state index is 1.04. The van der Waals surface area contributed by atoms with Crippen molar-refractivity contribution in [3.05, 3.63) is 23.9 Å². The van der Waals surface area contributed by atoms with E-state index in [4.69, 9.17) is 0 Å². The van der Waals surface area contributed by atoms with Gasteiger partial charge < -0.3 is 0 Å². The third kappa shape index (κ3) is 12.4. The number of aliphatic imine (C=N–C) groups is 1. The zero-order valence-corrected chi connectivity index (χ0v) is 8.26. The molecule has 64 valence electrons. The molecule has 0 saturated carbocycles. The molecule has 0 aliphatic heterocycles. The van der Waals surface area contributed by atoms with Crippen molar-refractivity contribution in [3.63, 3.8) is 0 Å². The lowest BCUT2D eigenvalue weighted by molar-refractivity contribution is 1.31. The molecule has 0 N–H and O–H groups in total. The van der Waals surface area contributed by atoms with Crippen LogP contribution in [0.25, 0.3) is 0 Å². The molecule has 0 radical (unpaired) electrons. The summed E-state index contributed by atoms with van der Waals surface area (Å²) in [6.45, 7) is 9.87. The predicted octanol–water partition coefficient (Wildman–Crippen LogP) is 3.58. The molecule has 0 spiro atoms. The molecule has 0 aromatic heterocycles. The molecule has 0 aliphatic rings. The molecule has 0 saturated heterocycles.